The standard InChI is InChI=1S/C21H20N4O3S/c1-14-5-4-7-16(11-14)22-19(26)12-29-13-20(27)24-25-21(28)18-10-9-15-6-2-3-8-17(15)23-18/h2-11H,12-13H2,1H3,(H,22,26)(H,24,27)(H,25,28). The Morgan fingerprint density at radius 1 is 0.897 bits per heavy atom. The summed E-state index contributed by atoms with van der Waals surface area (Å²) in [5.41, 5.74) is 7.33. The summed E-state index contributed by atoms with van der Waals surface area (Å²) in [5.74, 6) is -0.953. The first-order valence-corrected chi connectivity index (χ1v) is 10.1. The van der Waals surface area contributed by atoms with Gasteiger partial charge >= 0.3 is 0 Å². The second-order valence-corrected chi connectivity index (χ2v) is 7.29. The molecule has 3 rings (SSSR count). The van der Waals surface area contributed by atoms with Crippen LogP contribution in [-0.4, -0.2) is 34.2 Å². The molecule has 0 fully saturated rings. The fourth-order valence-corrected chi connectivity index (χ4v) is 3.19. The number of hydrazine groups is 1. The average molecular weight is 408 g/mol. The molecule has 0 bridgehead atoms. The minimum atomic E-state index is -0.508. The van der Waals surface area contributed by atoms with Crippen LogP contribution in [0.1, 0.15) is 16.1 Å². The van der Waals surface area contributed by atoms with E-state index in [1.165, 1.54) is 0 Å². The van der Waals surface area contributed by atoms with Crippen LogP contribution in [0.25, 0.3) is 10.9 Å². The molecule has 3 amide bonds. The quantitative estimate of drug-likeness (QED) is 0.545. The molecule has 0 aliphatic rings. The van der Waals surface area contributed by atoms with E-state index in [2.05, 4.69) is 21.2 Å². The van der Waals surface area contributed by atoms with Crippen molar-refractivity contribution in [3.63, 3.8) is 0 Å². The smallest absolute Gasteiger partial charge is 0.288 e. The first-order chi connectivity index (χ1) is 14.0. The van der Waals surface area contributed by atoms with Crippen LogP contribution in [-0.2, 0) is 9.59 Å². The molecular weight excluding hydrogens is 388 g/mol. The molecule has 29 heavy (non-hydrogen) atoms. The van der Waals surface area contributed by atoms with E-state index in [0.717, 1.165) is 28.4 Å². The summed E-state index contributed by atoms with van der Waals surface area (Å²) in [6, 6.07) is 18.3. The molecular formula is C21H20N4O3S. The van der Waals surface area contributed by atoms with Crippen LogP contribution in [0, 0.1) is 6.92 Å². The number of rotatable bonds is 6. The van der Waals surface area contributed by atoms with Crippen LogP contribution in [0.15, 0.2) is 60.7 Å². The molecule has 2 aromatic carbocycles. The number of anilines is 1. The SMILES string of the molecule is Cc1cccc(NC(=O)CSCC(=O)NNC(=O)c2ccc3ccccc3n2)c1. The van der Waals surface area contributed by atoms with Crippen molar-refractivity contribution in [2.24, 2.45) is 0 Å². The van der Waals surface area contributed by atoms with Crippen molar-refractivity contribution in [2.45, 2.75) is 6.92 Å². The lowest BCUT2D eigenvalue weighted by Gasteiger charge is -2.08. The molecule has 1 aromatic heterocycles. The number of aromatic nitrogens is 1. The van der Waals surface area contributed by atoms with Gasteiger partial charge in [0.1, 0.15) is 5.69 Å². The Hall–Kier alpha value is -3.39. The molecule has 0 radical (unpaired) electrons. The predicted octanol–water partition coefficient (Wildman–Crippen LogP) is 2.68. The zero-order chi connectivity index (χ0) is 20.6. The van der Waals surface area contributed by atoms with Crippen LogP contribution < -0.4 is 16.2 Å². The van der Waals surface area contributed by atoms with Crippen molar-refractivity contribution in [3.05, 3.63) is 71.9 Å². The van der Waals surface area contributed by atoms with E-state index in [1.54, 1.807) is 18.2 Å². The highest BCUT2D eigenvalue weighted by molar-refractivity contribution is 8.00. The number of carbonyl (C=O) groups excluding carboxylic acids is 3. The maximum Gasteiger partial charge on any atom is 0.288 e. The van der Waals surface area contributed by atoms with E-state index in [-0.39, 0.29) is 23.1 Å². The Kier molecular flexibility index (Phi) is 6.80. The molecule has 0 saturated carbocycles. The molecule has 0 saturated heterocycles. The first kappa shape index (κ1) is 20.3. The number of aryl methyl sites for hydroxylation is 1. The number of nitrogens with one attached hydrogen (secondary N) is 3. The van der Waals surface area contributed by atoms with E-state index < -0.39 is 11.8 Å². The lowest BCUT2D eigenvalue weighted by molar-refractivity contribution is -0.119. The Morgan fingerprint density at radius 2 is 1.69 bits per heavy atom. The third-order valence-corrected chi connectivity index (χ3v) is 4.85. The highest BCUT2D eigenvalue weighted by Gasteiger charge is 2.10. The fraction of sp³-hybridized carbons (Fsp3) is 0.143. The van der Waals surface area contributed by atoms with Gasteiger partial charge in [-0.2, -0.15) is 0 Å². The Balaban J connectivity index is 1.40. The summed E-state index contributed by atoms with van der Waals surface area (Å²) in [7, 11) is 0. The number of carbonyl (C=O) groups is 3. The number of hydrogen-bond donors (Lipinski definition) is 3. The minimum absolute atomic E-state index is 0.0344. The Morgan fingerprint density at radius 3 is 2.52 bits per heavy atom. The molecule has 8 heteroatoms. The van der Waals surface area contributed by atoms with Crippen LogP contribution in [0.2, 0.25) is 0 Å². The molecule has 3 N–H and O–H groups in total. The summed E-state index contributed by atoms with van der Waals surface area (Å²) < 4.78 is 0. The van der Waals surface area contributed by atoms with Crippen LogP contribution in [0.4, 0.5) is 5.69 Å². The number of pyridine rings is 1. The first-order valence-electron chi connectivity index (χ1n) is 8.90. The third kappa shape index (κ3) is 6.05. The van der Waals surface area contributed by atoms with Crippen molar-refractivity contribution < 1.29 is 14.4 Å². The number of nitrogens with zero attached hydrogens (tertiary/aromatic N) is 1. The van der Waals surface area contributed by atoms with Gasteiger partial charge in [0.2, 0.25) is 11.8 Å². The van der Waals surface area contributed by atoms with Crippen molar-refractivity contribution in [1.29, 1.82) is 0 Å². The van der Waals surface area contributed by atoms with Crippen molar-refractivity contribution in [3.8, 4) is 0 Å². The molecule has 0 atom stereocenters. The van der Waals surface area contributed by atoms with Gasteiger partial charge in [-0.15, -0.1) is 11.8 Å². The lowest BCUT2D eigenvalue weighted by Crippen LogP contribution is -2.42. The Bertz CT molecular complexity index is 1050. The summed E-state index contributed by atoms with van der Waals surface area (Å²) in [5, 5.41) is 3.70. The normalized spacial score (nSPS) is 10.4. The fourth-order valence-electron chi connectivity index (χ4n) is 2.58. The average Bonchev–Trinajstić information content (AvgIpc) is 2.71. The van der Waals surface area contributed by atoms with Crippen LogP contribution in [0.3, 0.4) is 0 Å². The summed E-state index contributed by atoms with van der Waals surface area (Å²) in [6.45, 7) is 1.94. The summed E-state index contributed by atoms with van der Waals surface area (Å²) in [6.07, 6.45) is 0. The van der Waals surface area contributed by atoms with Gasteiger partial charge < -0.3 is 5.32 Å². The maximum absolute atomic E-state index is 12.1. The third-order valence-electron chi connectivity index (χ3n) is 3.91. The van der Waals surface area contributed by atoms with Gasteiger partial charge in [-0.25, -0.2) is 4.98 Å². The van der Waals surface area contributed by atoms with Gasteiger partial charge in [-0.1, -0.05) is 36.4 Å². The van der Waals surface area contributed by atoms with E-state index in [4.69, 9.17) is 0 Å². The number of benzene rings is 2. The number of amides is 3. The van der Waals surface area contributed by atoms with Crippen molar-refractivity contribution in [1.82, 2.24) is 15.8 Å². The largest absolute Gasteiger partial charge is 0.325 e. The maximum atomic E-state index is 12.1. The Labute approximate surface area is 172 Å². The van der Waals surface area contributed by atoms with E-state index >= 15 is 0 Å². The van der Waals surface area contributed by atoms with Gasteiger partial charge in [-0.3, -0.25) is 25.2 Å². The van der Waals surface area contributed by atoms with Gasteiger partial charge in [0.25, 0.3) is 5.91 Å². The zero-order valence-electron chi connectivity index (χ0n) is 15.8. The van der Waals surface area contributed by atoms with E-state index in [1.807, 2.05) is 49.4 Å². The molecule has 7 nitrogen and oxygen atoms in total. The van der Waals surface area contributed by atoms with Gasteiger partial charge in [0.15, 0.2) is 0 Å². The molecule has 0 unspecified atom stereocenters. The van der Waals surface area contributed by atoms with Crippen LogP contribution >= 0.6 is 11.8 Å². The molecule has 0 aliphatic carbocycles. The number of thioether (sulfide) groups is 1. The minimum Gasteiger partial charge on any atom is -0.325 e. The van der Waals surface area contributed by atoms with Crippen LogP contribution in [0.5, 0.6) is 0 Å². The highest BCUT2D eigenvalue weighted by Crippen LogP contribution is 2.12. The van der Waals surface area contributed by atoms with Crippen molar-refractivity contribution >= 4 is 46.1 Å². The molecule has 148 valence electrons. The zero-order valence-corrected chi connectivity index (χ0v) is 16.6. The molecule has 0 aliphatic heterocycles. The van der Waals surface area contributed by atoms with Crippen molar-refractivity contribution in [2.75, 3.05) is 16.8 Å². The molecule has 3 aromatic rings. The van der Waals surface area contributed by atoms with Gasteiger partial charge in [0, 0.05) is 11.1 Å². The van der Waals surface area contributed by atoms with Gasteiger partial charge in [-0.05, 0) is 36.8 Å². The predicted molar refractivity (Wildman–Crippen MR) is 114 cm³/mol. The monoisotopic (exact) mass is 408 g/mol. The number of fused-ring (bicyclic) bond motifs is 1. The summed E-state index contributed by atoms with van der Waals surface area (Å²) >= 11 is 1.15. The summed E-state index contributed by atoms with van der Waals surface area (Å²) in [4.78, 5) is 40.2. The van der Waals surface area contributed by atoms with E-state index in [9.17, 15) is 14.4 Å². The molecule has 0 spiro atoms. The second-order valence-electron chi connectivity index (χ2n) is 6.30. The second kappa shape index (κ2) is 9.70. The van der Waals surface area contributed by atoms with E-state index in [0.29, 0.717) is 5.52 Å². The highest BCUT2D eigenvalue weighted by atomic mass is 32.2. The number of para-hydroxylation sites is 1. The van der Waals surface area contributed by atoms with Gasteiger partial charge in [0.05, 0.1) is 17.0 Å². The topological polar surface area (TPSA) is 100 Å². The number of hydrogen-bond acceptors (Lipinski definition) is 5. The lowest BCUT2D eigenvalue weighted by atomic mass is 10.2. The molecule has 1 heterocycles.